The third-order valence-corrected chi connectivity index (χ3v) is 4.71. The lowest BCUT2D eigenvalue weighted by Gasteiger charge is -2.43. The van der Waals surface area contributed by atoms with Crippen molar-refractivity contribution >= 4 is 5.97 Å². The zero-order valence-corrected chi connectivity index (χ0v) is 11.9. The molecule has 3 heteroatoms. The Morgan fingerprint density at radius 1 is 1.22 bits per heavy atom. The average Bonchev–Trinajstić information content (AvgIpc) is 2.40. The van der Waals surface area contributed by atoms with Crippen molar-refractivity contribution in [2.24, 2.45) is 11.8 Å². The molecule has 2 rings (SSSR count). The molecule has 0 aromatic rings. The maximum atomic E-state index is 12.0. The molecule has 2 fully saturated rings. The van der Waals surface area contributed by atoms with Gasteiger partial charge in [-0.25, -0.2) is 0 Å². The van der Waals surface area contributed by atoms with E-state index in [2.05, 4.69) is 11.8 Å². The molecule has 0 N–H and O–H groups in total. The van der Waals surface area contributed by atoms with Crippen LogP contribution < -0.4 is 0 Å². The van der Waals surface area contributed by atoms with Crippen LogP contribution in [-0.4, -0.2) is 36.6 Å². The number of ether oxygens (including phenoxy) is 1. The lowest BCUT2D eigenvalue weighted by Crippen LogP contribution is -2.50. The lowest BCUT2D eigenvalue weighted by molar-refractivity contribution is -0.151. The van der Waals surface area contributed by atoms with Crippen molar-refractivity contribution < 1.29 is 9.53 Å². The van der Waals surface area contributed by atoms with Crippen LogP contribution in [0.4, 0.5) is 0 Å². The second-order valence-electron chi connectivity index (χ2n) is 5.76. The zero-order chi connectivity index (χ0) is 13.0. The normalized spacial score (nSPS) is 30.6. The van der Waals surface area contributed by atoms with Gasteiger partial charge >= 0.3 is 5.97 Å². The average molecular weight is 253 g/mol. The van der Waals surface area contributed by atoms with Crippen LogP contribution in [0.15, 0.2) is 0 Å². The number of hydrogen-bond acceptors (Lipinski definition) is 3. The fraction of sp³-hybridized carbons (Fsp3) is 0.933. The lowest BCUT2D eigenvalue weighted by atomic mass is 9.75. The molecule has 0 aromatic heterocycles. The second kappa shape index (κ2) is 6.55. The van der Waals surface area contributed by atoms with Crippen molar-refractivity contribution in [1.29, 1.82) is 0 Å². The number of hydrogen-bond donors (Lipinski definition) is 0. The van der Waals surface area contributed by atoms with Crippen molar-refractivity contribution in [3.63, 3.8) is 0 Å². The van der Waals surface area contributed by atoms with E-state index >= 15 is 0 Å². The fourth-order valence-corrected chi connectivity index (χ4v) is 3.72. The van der Waals surface area contributed by atoms with Crippen LogP contribution in [0.2, 0.25) is 0 Å². The van der Waals surface area contributed by atoms with E-state index in [9.17, 15) is 4.79 Å². The van der Waals surface area contributed by atoms with Gasteiger partial charge in [-0.05, 0) is 44.6 Å². The van der Waals surface area contributed by atoms with Crippen LogP contribution in [0, 0.1) is 11.8 Å². The highest BCUT2D eigenvalue weighted by Gasteiger charge is 2.35. The Hall–Kier alpha value is -0.570. The van der Waals surface area contributed by atoms with Gasteiger partial charge in [0.2, 0.25) is 0 Å². The summed E-state index contributed by atoms with van der Waals surface area (Å²) >= 11 is 0. The molecule has 0 amide bonds. The molecule has 104 valence electrons. The molecular formula is C15H27NO2. The Balaban J connectivity index is 1.93. The SMILES string of the molecule is CCOC(=O)C(CC)N1CCC2CCCCC2C1. The Bertz CT molecular complexity index is 280. The van der Waals surface area contributed by atoms with E-state index in [-0.39, 0.29) is 12.0 Å². The van der Waals surface area contributed by atoms with Crippen LogP contribution >= 0.6 is 0 Å². The largest absolute Gasteiger partial charge is 0.465 e. The third kappa shape index (κ3) is 3.05. The molecule has 0 bridgehead atoms. The van der Waals surface area contributed by atoms with E-state index in [4.69, 9.17) is 4.74 Å². The smallest absolute Gasteiger partial charge is 0.323 e. The van der Waals surface area contributed by atoms with Gasteiger partial charge in [-0.2, -0.15) is 0 Å². The topological polar surface area (TPSA) is 29.5 Å². The van der Waals surface area contributed by atoms with Gasteiger partial charge in [-0.15, -0.1) is 0 Å². The summed E-state index contributed by atoms with van der Waals surface area (Å²) in [5.74, 6) is 1.74. The van der Waals surface area contributed by atoms with Crippen molar-refractivity contribution in [2.75, 3.05) is 19.7 Å². The number of likely N-dealkylation sites (tertiary alicyclic amines) is 1. The van der Waals surface area contributed by atoms with Crippen LogP contribution in [-0.2, 0) is 9.53 Å². The van der Waals surface area contributed by atoms with E-state index < -0.39 is 0 Å². The standard InChI is InChI=1S/C15H27NO2/c1-3-14(15(17)18-4-2)16-10-9-12-7-5-6-8-13(12)11-16/h12-14H,3-11H2,1-2H3. The van der Waals surface area contributed by atoms with E-state index in [1.807, 2.05) is 6.92 Å². The summed E-state index contributed by atoms with van der Waals surface area (Å²) in [6.07, 6.45) is 7.72. The first-order valence-corrected chi connectivity index (χ1v) is 7.67. The third-order valence-electron chi connectivity index (χ3n) is 4.71. The molecule has 2 aliphatic rings. The van der Waals surface area contributed by atoms with Crippen LogP contribution in [0.25, 0.3) is 0 Å². The minimum atomic E-state index is -0.0192. The number of nitrogens with zero attached hydrogens (tertiary/aromatic N) is 1. The zero-order valence-electron chi connectivity index (χ0n) is 11.9. The maximum Gasteiger partial charge on any atom is 0.323 e. The number of carbonyl (C=O) groups is 1. The fourth-order valence-electron chi connectivity index (χ4n) is 3.72. The number of piperidine rings is 1. The van der Waals surface area contributed by atoms with Gasteiger partial charge in [-0.1, -0.05) is 26.2 Å². The predicted molar refractivity (Wildman–Crippen MR) is 72.4 cm³/mol. The molecule has 3 nitrogen and oxygen atoms in total. The predicted octanol–water partition coefficient (Wildman–Crippen LogP) is 2.84. The number of esters is 1. The van der Waals surface area contributed by atoms with Gasteiger partial charge in [0.25, 0.3) is 0 Å². The quantitative estimate of drug-likeness (QED) is 0.722. The summed E-state index contributed by atoms with van der Waals surface area (Å²) in [7, 11) is 0. The molecule has 18 heavy (non-hydrogen) atoms. The molecule has 1 heterocycles. The summed E-state index contributed by atoms with van der Waals surface area (Å²) in [5, 5.41) is 0. The highest BCUT2D eigenvalue weighted by molar-refractivity contribution is 5.75. The molecule has 0 spiro atoms. The maximum absolute atomic E-state index is 12.0. The van der Waals surface area contributed by atoms with Gasteiger partial charge in [-0.3, -0.25) is 9.69 Å². The molecule has 1 aliphatic heterocycles. The van der Waals surface area contributed by atoms with Gasteiger partial charge in [0.15, 0.2) is 0 Å². The van der Waals surface area contributed by atoms with Gasteiger partial charge in [0.1, 0.15) is 6.04 Å². The molecule has 3 unspecified atom stereocenters. The summed E-state index contributed by atoms with van der Waals surface area (Å²) in [6.45, 7) is 6.67. The van der Waals surface area contributed by atoms with E-state index in [1.54, 1.807) is 0 Å². The Kier molecular flexibility index (Phi) is 5.04. The van der Waals surface area contributed by atoms with E-state index in [1.165, 1.54) is 32.1 Å². The second-order valence-corrected chi connectivity index (χ2v) is 5.76. The Morgan fingerprint density at radius 2 is 1.94 bits per heavy atom. The van der Waals surface area contributed by atoms with Crippen LogP contribution in [0.1, 0.15) is 52.4 Å². The van der Waals surface area contributed by atoms with Gasteiger partial charge in [0.05, 0.1) is 6.61 Å². The van der Waals surface area contributed by atoms with E-state index in [0.29, 0.717) is 6.61 Å². The molecule has 1 saturated heterocycles. The van der Waals surface area contributed by atoms with Crippen molar-refractivity contribution in [1.82, 2.24) is 4.90 Å². The summed E-state index contributed by atoms with van der Waals surface area (Å²) < 4.78 is 5.20. The minimum absolute atomic E-state index is 0.00664. The summed E-state index contributed by atoms with van der Waals surface area (Å²) in [6, 6.07) is -0.00664. The van der Waals surface area contributed by atoms with Gasteiger partial charge < -0.3 is 4.74 Å². The van der Waals surface area contributed by atoms with Gasteiger partial charge in [0, 0.05) is 6.54 Å². The van der Waals surface area contributed by atoms with Crippen molar-refractivity contribution in [2.45, 2.75) is 58.4 Å². The minimum Gasteiger partial charge on any atom is -0.465 e. The summed E-state index contributed by atoms with van der Waals surface area (Å²) in [4.78, 5) is 14.3. The first-order valence-electron chi connectivity index (χ1n) is 7.67. The van der Waals surface area contributed by atoms with E-state index in [0.717, 1.165) is 31.3 Å². The van der Waals surface area contributed by atoms with Crippen LogP contribution in [0.5, 0.6) is 0 Å². The summed E-state index contributed by atoms with van der Waals surface area (Å²) in [5.41, 5.74) is 0. The number of rotatable bonds is 4. The molecule has 1 saturated carbocycles. The Morgan fingerprint density at radius 3 is 2.61 bits per heavy atom. The Labute approximate surface area is 111 Å². The van der Waals surface area contributed by atoms with Crippen molar-refractivity contribution in [3.05, 3.63) is 0 Å². The first kappa shape index (κ1) is 13.9. The molecular weight excluding hydrogens is 226 g/mol. The highest BCUT2D eigenvalue weighted by atomic mass is 16.5. The molecule has 0 aromatic carbocycles. The monoisotopic (exact) mass is 253 g/mol. The molecule has 1 aliphatic carbocycles. The molecule has 0 radical (unpaired) electrons. The first-order chi connectivity index (χ1) is 8.76. The van der Waals surface area contributed by atoms with Crippen molar-refractivity contribution in [3.8, 4) is 0 Å². The number of carbonyl (C=O) groups excluding carboxylic acids is 1. The van der Waals surface area contributed by atoms with Crippen LogP contribution in [0.3, 0.4) is 0 Å². The number of fused-ring (bicyclic) bond motifs is 1. The highest BCUT2D eigenvalue weighted by Crippen LogP contribution is 2.36. The molecule has 3 atom stereocenters.